The Morgan fingerprint density at radius 3 is 2.83 bits per heavy atom. The SMILES string of the molecule is CNC(=O)C(Cc1c[nH]c2cccc(OC)c12)C1CCCCC1. The summed E-state index contributed by atoms with van der Waals surface area (Å²) in [5, 5.41) is 3.98. The first-order chi connectivity index (χ1) is 11.2. The van der Waals surface area contributed by atoms with Crippen molar-refractivity contribution in [2.75, 3.05) is 14.2 Å². The van der Waals surface area contributed by atoms with E-state index in [2.05, 4.69) is 16.4 Å². The average Bonchev–Trinajstić information content (AvgIpc) is 3.03. The summed E-state index contributed by atoms with van der Waals surface area (Å²) in [5.74, 6) is 1.58. The van der Waals surface area contributed by atoms with Gasteiger partial charge >= 0.3 is 0 Å². The number of ether oxygens (including phenoxy) is 1. The highest BCUT2D eigenvalue weighted by Gasteiger charge is 2.30. The predicted molar refractivity (Wildman–Crippen MR) is 92.7 cm³/mol. The predicted octanol–water partition coefficient (Wildman–Crippen LogP) is 3.66. The minimum absolute atomic E-state index is 0.0456. The molecule has 0 radical (unpaired) electrons. The lowest BCUT2D eigenvalue weighted by atomic mass is 9.77. The number of carbonyl (C=O) groups is 1. The summed E-state index contributed by atoms with van der Waals surface area (Å²) in [6, 6.07) is 6.02. The maximum atomic E-state index is 12.5. The van der Waals surface area contributed by atoms with Gasteiger partial charge in [0.25, 0.3) is 0 Å². The van der Waals surface area contributed by atoms with Crippen molar-refractivity contribution in [1.82, 2.24) is 10.3 Å². The number of rotatable bonds is 5. The van der Waals surface area contributed by atoms with Crippen LogP contribution in [0.1, 0.15) is 37.7 Å². The molecule has 23 heavy (non-hydrogen) atoms. The number of amides is 1. The van der Waals surface area contributed by atoms with Crippen LogP contribution in [0.5, 0.6) is 5.75 Å². The fourth-order valence-corrected chi connectivity index (χ4v) is 3.98. The van der Waals surface area contributed by atoms with Gasteiger partial charge in [-0.1, -0.05) is 25.3 Å². The van der Waals surface area contributed by atoms with Crippen molar-refractivity contribution in [2.45, 2.75) is 38.5 Å². The van der Waals surface area contributed by atoms with Crippen LogP contribution in [-0.4, -0.2) is 25.0 Å². The van der Waals surface area contributed by atoms with E-state index < -0.39 is 0 Å². The summed E-state index contributed by atoms with van der Waals surface area (Å²) in [4.78, 5) is 15.8. The molecule has 1 amide bonds. The summed E-state index contributed by atoms with van der Waals surface area (Å²) < 4.78 is 5.52. The summed E-state index contributed by atoms with van der Waals surface area (Å²) >= 11 is 0. The molecule has 1 fully saturated rings. The largest absolute Gasteiger partial charge is 0.496 e. The topological polar surface area (TPSA) is 54.1 Å². The van der Waals surface area contributed by atoms with Crippen molar-refractivity contribution < 1.29 is 9.53 Å². The van der Waals surface area contributed by atoms with E-state index in [0.717, 1.165) is 35.9 Å². The Balaban J connectivity index is 1.92. The van der Waals surface area contributed by atoms with E-state index in [1.54, 1.807) is 14.2 Å². The average molecular weight is 314 g/mol. The van der Waals surface area contributed by atoms with Crippen LogP contribution in [0.15, 0.2) is 24.4 Å². The lowest BCUT2D eigenvalue weighted by molar-refractivity contribution is -0.126. The Labute approximate surface area is 137 Å². The van der Waals surface area contributed by atoms with Gasteiger partial charge in [0.15, 0.2) is 0 Å². The van der Waals surface area contributed by atoms with E-state index in [1.807, 2.05) is 18.3 Å². The van der Waals surface area contributed by atoms with E-state index in [1.165, 1.54) is 24.8 Å². The van der Waals surface area contributed by atoms with E-state index in [4.69, 9.17) is 4.74 Å². The molecule has 1 atom stereocenters. The van der Waals surface area contributed by atoms with Gasteiger partial charge in [0.1, 0.15) is 5.75 Å². The lowest BCUT2D eigenvalue weighted by Gasteiger charge is -2.29. The number of benzene rings is 1. The van der Waals surface area contributed by atoms with Gasteiger partial charge < -0.3 is 15.0 Å². The second-order valence-electron chi connectivity index (χ2n) is 6.52. The Hall–Kier alpha value is -1.97. The van der Waals surface area contributed by atoms with Crippen molar-refractivity contribution >= 4 is 16.8 Å². The summed E-state index contributed by atoms with van der Waals surface area (Å²) in [6.07, 6.45) is 8.93. The van der Waals surface area contributed by atoms with Crippen LogP contribution in [0.3, 0.4) is 0 Å². The van der Waals surface area contributed by atoms with Gasteiger partial charge in [-0.05, 0) is 42.9 Å². The van der Waals surface area contributed by atoms with Crippen molar-refractivity contribution in [1.29, 1.82) is 0 Å². The third-order valence-corrected chi connectivity index (χ3v) is 5.21. The second kappa shape index (κ2) is 7.07. The molecule has 3 rings (SSSR count). The third-order valence-electron chi connectivity index (χ3n) is 5.21. The molecule has 1 aliphatic rings. The molecular weight excluding hydrogens is 288 g/mol. The smallest absolute Gasteiger partial charge is 0.223 e. The first-order valence-electron chi connectivity index (χ1n) is 8.59. The highest BCUT2D eigenvalue weighted by molar-refractivity contribution is 5.90. The van der Waals surface area contributed by atoms with Crippen molar-refractivity contribution in [2.24, 2.45) is 11.8 Å². The van der Waals surface area contributed by atoms with Gasteiger partial charge in [-0.2, -0.15) is 0 Å². The van der Waals surface area contributed by atoms with E-state index in [0.29, 0.717) is 5.92 Å². The number of H-pyrrole nitrogens is 1. The van der Waals surface area contributed by atoms with Gasteiger partial charge in [0.2, 0.25) is 5.91 Å². The molecule has 1 saturated carbocycles. The van der Waals surface area contributed by atoms with Crippen LogP contribution in [0.2, 0.25) is 0 Å². The van der Waals surface area contributed by atoms with Crippen LogP contribution >= 0.6 is 0 Å². The summed E-state index contributed by atoms with van der Waals surface area (Å²) in [5.41, 5.74) is 2.25. The van der Waals surface area contributed by atoms with Crippen LogP contribution in [-0.2, 0) is 11.2 Å². The Morgan fingerprint density at radius 1 is 1.35 bits per heavy atom. The molecular formula is C19H26N2O2. The zero-order chi connectivity index (χ0) is 16.2. The molecule has 1 aliphatic carbocycles. The number of hydrogen-bond donors (Lipinski definition) is 2. The number of hydrogen-bond acceptors (Lipinski definition) is 2. The molecule has 1 heterocycles. The summed E-state index contributed by atoms with van der Waals surface area (Å²) in [7, 11) is 3.44. The van der Waals surface area contributed by atoms with Gasteiger partial charge in [0.05, 0.1) is 7.11 Å². The monoisotopic (exact) mass is 314 g/mol. The molecule has 0 aliphatic heterocycles. The van der Waals surface area contributed by atoms with Crippen molar-refractivity contribution in [3.8, 4) is 5.75 Å². The minimum Gasteiger partial charge on any atom is -0.496 e. The van der Waals surface area contributed by atoms with E-state index in [-0.39, 0.29) is 11.8 Å². The molecule has 0 spiro atoms. The number of methoxy groups -OCH3 is 1. The number of fused-ring (bicyclic) bond motifs is 1. The van der Waals surface area contributed by atoms with Crippen molar-refractivity contribution in [3.63, 3.8) is 0 Å². The maximum Gasteiger partial charge on any atom is 0.223 e. The zero-order valence-electron chi connectivity index (χ0n) is 14.0. The van der Waals surface area contributed by atoms with Gasteiger partial charge in [0, 0.05) is 30.1 Å². The van der Waals surface area contributed by atoms with Crippen molar-refractivity contribution in [3.05, 3.63) is 30.0 Å². The second-order valence-corrected chi connectivity index (χ2v) is 6.52. The first-order valence-corrected chi connectivity index (χ1v) is 8.59. The number of aromatic amines is 1. The summed E-state index contributed by atoms with van der Waals surface area (Å²) in [6.45, 7) is 0. The molecule has 2 N–H and O–H groups in total. The molecule has 0 bridgehead atoms. The normalized spacial score (nSPS) is 17.1. The molecule has 1 unspecified atom stereocenters. The third kappa shape index (κ3) is 3.21. The van der Waals surface area contributed by atoms with E-state index >= 15 is 0 Å². The van der Waals surface area contributed by atoms with Gasteiger partial charge in [-0.15, -0.1) is 0 Å². The molecule has 2 aromatic rings. The van der Waals surface area contributed by atoms with Gasteiger partial charge in [-0.3, -0.25) is 4.79 Å². The van der Waals surface area contributed by atoms with Crippen LogP contribution < -0.4 is 10.1 Å². The zero-order valence-corrected chi connectivity index (χ0v) is 14.0. The number of nitrogens with one attached hydrogen (secondary N) is 2. The Bertz CT molecular complexity index is 671. The lowest BCUT2D eigenvalue weighted by Crippen LogP contribution is -2.35. The highest BCUT2D eigenvalue weighted by atomic mass is 16.5. The standard InChI is InChI=1S/C19H26N2O2/c1-20-19(22)15(13-7-4-3-5-8-13)11-14-12-21-16-9-6-10-17(23-2)18(14)16/h6,9-10,12-13,15,21H,3-5,7-8,11H2,1-2H3,(H,20,22). The quantitative estimate of drug-likeness (QED) is 0.885. The molecule has 124 valence electrons. The number of aromatic nitrogens is 1. The minimum atomic E-state index is 0.0456. The molecule has 1 aromatic heterocycles. The highest BCUT2D eigenvalue weighted by Crippen LogP contribution is 2.35. The fourth-order valence-electron chi connectivity index (χ4n) is 3.98. The van der Waals surface area contributed by atoms with Crippen LogP contribution in [0.25, 0.3) is 10.9 Å². The molecule has 0 saturated heterocycles. The van der Waals surface area contributed by atoms with E-state index in [9.17, 15) is 4.79 Å². The Morgan fingerprint density at radius 2 is 2.13 bits per heavy atom. The fraction of sp³-hybridized carbons (Fsp3) is 0.526. The molecule has 4 heteroatoms. The van der Waals surface area contributed by atoms with Crippen LogP contribution in [0, 0.1) is 11.8 Å². The Kier molecular flexibility index (Phi) is 4.89. The first kappa shape index (κ1) is 15.9. The number of carbonyl (C=O) groups excluding carboxylic acids is 1. The molecule has 1 aromatic carbocycles. The van der Waals surface area contributed by atoms with Crippen LogP contribution in [0.4, 0.5) is 0 Å². The molecule has 4 nitrogen and oxygen atoms in total. The maximum absolute atomic E-state index is 12.5. The van der Waals surface area contributed by atoms with Gasteiger partial charge in [-0.25, -0.2) is 0 Å².